The lowest BCUT2D eigenvalue weighted by Crippen LogP contribution is -2.29. The third-order valence-corrected chi connectivity index (χ3v) is 11.5. The minimum Gasteiger partial charge on any atom is -0.0669 e. The number of unbranched alkanes of at least 4 members (excludes halogenated alkanes) is 10. The quantitative estimate of drug-likeness (QED) is 0.256. The third-order valence-electron chi connectivity index (χ3n) is 5.95. The fourth-order valence-corrected chi connectivity index (χ4v) is 10.3. The fraction of sp³-hybridized carbons (Fsp3) is 0.538. The molecule has 2 aromatic carbocycles. The summed E-state index contributed by atoms with van der Waals surface area (Å²) >= 11 is 0. The molecule has 0 spiro atoms. The molecule has 2 heteroatoms. The number of benzene rings is 2. The van der Waals surface area contributed by atoms with Gasteiger partial charge in [0.2, 0.25) is 0 Å². The lowest BCUT2D eigenvalue weighted by molar-refractivity contribution is 0.546. The van der Waals surface area contributed by atoms with Crippen molar-refractivity contribution in [2.45, 2.75) is 89.1 Å². The molecule has 0 aliphatic rings. The van der Waals surface area contributed by atoms with Crippen LogP contribution in [0.25, 0.3) is 0 Å². The monoisotopic (exact) mass is 410 g/mol. The zero-order valence-corrected chi connectivity index (χ0v) is 21.1. The molecule has 0 nitrogen and oxygen atoms in total. The minimum absolute atomic E-state index is 0.138. The molecule has 0 amide bonds. The van der Waals surface area contributed by atoms with Crippen molar-refractivity contribution < 1.29 is 0 Å². The van der Waals surface area contributed by atoms with E-state index in [1.54, 1.807) is 10.4 Å². The van der Waals surface area contributed by atoms with Crippen molar-refractivity contribution in [3.8, 4) is 0 Å². The summed E-state index contributed by atoms with van der Waals surface area (Å²) in [5.41, 5.74) is 0. The lowest BCUT2D eigenvalue weighted by atomic mass is 10.1. The van der Waals surface area contributed by atoms with Crippen molar-refractivity contribution in [2.24, 2.45) is 0 Å². The highest BCUT2D eigenvalue weighted by Gasteiger charge is 2.12. The number of hydrogen-bond donors (Lipinski definition) is 0. The van der Waals surface area contributed by atoms with Crippen molar-refractivity contribution in [1.82, 2.24) is 0 Å². The molecule has 0 aromatic heterocycles. The molecule has 0 bridgehead atoms. The first-order chi connectivity index (χ1) is 13.9. The van der Waals surface area contributed by atoms with Gasteiger partial charge >= 0.3 is 0 Å². The Balaban J connectivity index is 1.62. The van der Waals surface area contributed by atoms with Crippen LogP contribution in [0.15, 0.2) is 60.7 Å². The first kappa shape index (κ1) is 23.2. The normalized spacial score (nSPS) is 13.0. The van der Waals surface area contributed by atoms with E-state index >= 15 is 0 Å². The van der Waals surface area contributed by atoms with E-state index in [0.29, 0.717) is 0 Å². The molecule has 0 radical (unpaired) electrons. The molecule has 0 aliphatic carbocycles. The minimum atomic E-state index is -0.138. The average Bonchev–Trinajstić information content (AvgIpc) is 2.73. The van der Waals surface area contributed by atoms with Gasteiger partial charge in [0.25, 0.3) is 0 Å². The Morgan fingerprint density at radius 1 is 0.536 bits per heavy atom. The smallest absolute Gasteiger partial charge is 0.0550 e. The SMILES string of the molecule is CCCCCCCCCCCCCC([SiH2]c1ccccc1)[SiH2]c1ccccc1. The maximum absolute atomic E-state index is 2.37. The zero-order valence-electron chi connectivity index (χ0n) is 18.3. The summed E-state index contributed by atoms with van der Waals surface area (Å²) < 4.78 is 0. The van der Waals surface area contributed by atoms with Gasteiger partial charge in [-0.15, -0.1) is 0 Å². The molecule has 0 saturated heterocycles. The molecule has 154 valence electrons. The summed E-state index contributed by atoms with van der Waals surface area (Å²) in [6.45, 7) is 2.30. The van der Waals surface area contributed by atoms with Crippen LogP contribution in [0.3, 0.4) is 0 Å². The summed E-state index contributed by atoms with van der Waals surface area (Å²) in [6.07, 6.45) is 17.4. The summed E-state index contributed by atoms with van der Waals surface area (Å²) in [6, 6.07) is 22.7. The van der Waals surface area contributed by atoms with Crippen LogP contribution in [0.5, 0.6) is 0 Å². The van der Waals surface area contributed by atoms with E-state index in [2.05, 4.69) is 67.6 Å². The van der Waals surface area contributed by atoms with Crippen LogP contribution in [-0.4, -0.2) is 19.0 Å². The predicted molar refractivity (Wildman–Crippen MR) is 134 cm³/mol. The molecule has 2 aromatic rings. The maximum Gasteiger partial charge on any atom is 0.0550 e. The molecule has 0 saturated carbocycles. The number of rotatable bonds is 16. The van der Waals surface area contributed by atoms with Gasteiger partial charge in [-0.1, -0.05) is 160 Å². The summed E-state index contributed by atoms with van der Waals surface area (Å²) in [5.74, 6) is 0. The molecular weight excluding hydrogens is 368 g/mol. The van der Waals surface area contributed by atoms with Gasteiger partial charge in [-0.05, 0) is 0 Å². The Kier molecular flexibility index (Phi) is 13.0. The van der Waals surface area contributed by atoms with E-state index in [0.717, 1.165) is 5.16 Å². The fourth-order valence-electron chi connectivity index (χ4n) is 4.27. The van der Waals surface area contributed by atoms with Gasteiger partial charge in [-0.3, -0.25) is 0 Å². The second-order valence-corrected chi connectivity index (χ2v) is 14.5. The Bertz CT molecular complexity index is 540. The Labute approximate surface area is 179 Å². The molecular formula is C26H42Si2. The summed E-state index contributed by atoms with van der Waals surface area (Å²) in [5, 5.41) is 4.38. The molecule has 0 heterocycles. The molecule has 2 rings (SSSR count). The van der Waals surface area contributed by atoms with Gasteiger partial charge in [-0.25, -0.2) is 0 Å². The van der Waals surface area contributed by atoms with Crippen molar-refractivity contribution in [3.63, 3.8) is 0 Å². The highest BCUT2D eigenvalue weighted by molar-refractivity contribution is 6.73. The van der Waals surface area contributed by atoms with Gasteiger partial charge in [0, 0.05) is 0 Å². The molecule has 0 atom stereocenters. The maximum atomic E-state index is 2.37. The summed E-state index contributed by atoms with van der Waals surface area (Å²) in [4.78, 5) is 0. The van der Waals surface area contributed by atoms with Crippen LogP contribution >= 0.6 is 0 Å². The van der Waals surface area contributed by atoms with Crippen molar-refractivity contribution in [3.05, 3.63) is 60.7 Å². The highest BCUT2D eigenvalue weighted by Crippen LogP contribution is 2.16. The number of hydrogen-bond acceptors (Lipinski definition) is 0. The lowest BCUT2D eigenvalue weighted by Gasteiger charge is -2.16. The summed E-state index contributed by atoms with van der Waals surface area (Å²) in [7, 11) is -0.275. The van der Waals surface area contributed by atoms with Gasteiger partial charge in [0.1, 0.15) is 0 Å². The largest absolute Gasteiger partial charge is 0.0669 e. The zero-order chi connectivity index (χ0) is 19.7. The topological polar surface area (TPSA) is 0 Å². The van der Waals surface area contributed by atoms with Crippen LogP contribution in [0.4, 0.5) is 0 Å². The molecule has 28 heavy (non-hydrogen) atoms. The Morgan fingerprint density at radius 3 is 1.36 bits per heavy atom. The van der Waals surface area contributed by atoms with E-state index in [1.807, 2.05) is 0 Å². The standard InChI is InChI=1S/C26H42Si2/c1-2-3-4-5-6-7-8-9-10-11-18-23-26(27-24-19-14-12-15-20-24)28-25-21-16-13-17-22-25/h12-17,19-22,26H,2-11,18,23,27-28H2,1H3. The van der Waals surface area contributed by atoms with E-state index in [4.69, 9.17) is 0 Å². The Hall–Kier alpha value is -1.13. The van der Waals surface area contributed by atoms with E-state index in [-0.39, 0.29) is 19.0 Å². The first-order valence-corrected chi connectivity index (χ1v) is 15.0. The van der Waals surface area contributed by atoms with E-state index < -0.39 is 0 Å². The van der Waals surface area contributed by atoms with Crippen molar-refractivity contribution >= 4 is 29.4 Å². The van der Waals surface area contributed by atoms with Gasteiger partial charge in [0.15, 0.2) is 0 Å². The van der Waals surface area contributed by atoms with Crippen molar-refractivity contribution in [1.29, 1.82) is 0 Å². The average molecular weight is 411 g/mol. The molecule has 0 unspecified atom stereocenters. The Morgan fingerprint density at radius 2 is 0.929 bits per heavy atom. The highest BCUT2D eigenvalue weighted by atomic mass is 28.3. The van der Waals surface area contributed by atoms with Crippen LogP contribution in [0.2, 0.25) is 5.16 Å². The third kappa shape index (κ3) is 11.0. The predicted octanol–water partition coefficient (Wildman–Crippen LogP) is 5.42. The van der Waals surface area contributed by atoms with E-state index in [1.165, 1.54) is 77.0 Å². The molecule has 0 aliphatic heterocycles. The van der Waals surface area contributed by atoms with E-state index in [9.17, 15) is 0 Å². The van der Waals surface area contributed by atoms with Crippen LogP contribution in [-0.2, 0) is 0 Å². The second kappa shape index (κ2) is 15.8. The van der Waals surface area contributed by atoms with Crippen molar-refractivity contribution in [2.75, 3.05) is 0 Å². The van der Waals surface area contributed by atoms with Crippen LogP contribution in [0, 0.1) is 0 Å². The first-order valence-electron chi connectivity index (χ1n) is 12.0. The van der Waals surface area contributed by atoms with Crippen LogP contribution in [0.1, 0.15) is 84.0 Å². The second-order valence-electron chi connectivity index (χ2n) is 8.57. The van der Waals surface area contributed by atoms with Gasteiger partial charge in [0.05, 0.1) is 19.0 Å². The van der Waals surface area contributed by atoms with Gasteiger partial charge < -0.3 is 0 Å². The molecule has 0 fully saturated rings. The molecule has 0 N–H and O–H groups in total. The van der Waals surface area contributed by atoms with Gasteiger partial charge in [-0.2, -0.15) is 0 Å². The van der Waals surface area contributed by atoms with Crippen LogP contribution < -0.4 is 10.4 Å².